The van der Waals surface area contributed by atoms with Crippen molar-refractivity contribution in [2.24, 2.45) is 0 Å². The summed E-state index contributed by atoms with van der Waals surface area (Å²) in [5, 5.41) is 10.9. The Kier molecular flexibility index (Phi) is 5.88. The molecule has 3 aromatic rings. The third-order valence-corrected chi connectivity index (χ3v) is 4.43. The van der Waals surface area contributed by atoms with E-state index in [4.69, 9.17) is 16.0 Å². The van der Waals surface area contributed by atoms with Crippen molar-refractivity contribution < 1.29 is 14.1 Å². The molecule has 1 amide bonds. The summed E-state index contributed by atoms with van der Waals surface area (Å²) in [4.78, 5) is 25.0. The molecule has 2 aromatic carbocycles. The van der Waals surface area contributed by atoms with E-state index in [0.29, 0.717) is 18.7 Å². The lowest BCUT2D eigenvalue weighted by atomic mass is 10.1. The topological polar surface area (TPSA) is 76.6 Å². The van der Waals surface area contributed by atoms with Crippen LogP contribution in [0, 0.1) is 10.1 Å². The number of carbonyl (C=O) groups is 1. The van der Waals surface area contributed by atoms with Crippen LogP contribution in [0.5, 0.6) is 0 Å². The Labute approximate surface area is 161 Å². The zero-order chi connectivity index (χ0) is 19.2. The number of furan rings is 1. The van der Waals surface area contributed by atoms with Crippen LogP contribution >= 0.6 is 11.6 Å². The zero-order valence-electron chi connectivity index (χ0n) is 14.4. The number of non-ortho nitro benzene ring substituents is 1. The Morgan fingerprint density at radius 2 is 1.89 bits per heavy atom. The second-order valence-corrected chi connectivity index (χ2v) is 6.37. The Morgan fingerprint density at radius 1 is 1.11 bits per heavy atom. The van der Waals surface area contributed by atoms with Crippen LogP contribution in [0.3, 0.4) is 0 Å². The molecule has 27 heavy (non-hydrogen) atoms. The summed E-state index contributed by atoms with van der Waals surface area (Å²) >= 11 is 6.14. The van der Waals surface area contributed by atoms with Crippen molar-refractivity contribution in [1.82, 2.24) is 4.90 Å². The molecule has 1 aromatic heterocycles. The number of carbonyl (C=O) groups excluding carboxylic acids is 1. The molecule has 138 valence electrons. The highest BCUT2D eigenvalue weighted by Gasteiger charge is 2.21. The standard InChI is InChI=1S/C20H17ClN2O4/c21-19-13-16(23(25)26)8-9-18(19)20(24)22(14-17-7-4-12-27-17)11-10-15-5-2-1-3-6-15/h1-9,12-13H,10-11,14H2. The highest BCUT2D eigenvalue weighted by molar-refractivity contribution is 6.34. The van der Waals surface area contributed by atoms with Crippen LogP contribution in [0.1, 0.15) is 21.7 Å². The van der Waals surface area contributed by atoms with Gasteiger partial charge in [-0.15, -0.1) is 0 Å². The minimum Gasteiger partial charge on any atom is -0.467 e. The van der Waals surface area contributed by atoms with Gasteiger partial charge < -0.3 is 9.32 Å². The molecule has 1 heterocycles. The molecular weight excluding hydrogens is 368 g/mol. The Morgan fingerprint density at radius 3 is 2.52 bits per heavy atom. The first kappa shape index (κ1) is 18.7. The first-order valence-electron chi connectivity index (χ1n) is 8.34. The summed E-state index contributed by atoms with van der Waals surface area (Å²) in [7, 11) is 0. The molecule has 0 N–H and O–H groups in total. The maximum Gasteiger partial charge on any atom is 0.270 e. The van der Waals surface area contributed by atoms with Crippen LogP contribution < -0.4 is 0 Å². The van der Waals surface area contributed by atoms with Gasteiger partial charge in [0.15, 0.2) is 0 Å². The predicted octanol–water partition coefficient (Wildman–Crippen LogP) is 4.73. The van der Waals surface area contributed by atoms with Crippen LogP contribution in [-0.4, -0.2) is 22.3 Å². The van der Waals surface area contributed by atoms with E-state index in [1.54, 1.807) is 23.3 Å². The maximum atomic E-state index is 13.0. The summed E-state index contributed by atoms with van der Waals surface area (Å²) in [5.74, 6) is 0.344. The average Bonchev–Trinajstić information content (AvgIpc) is 3.18. The molecule has 6 nitrogen and oxygen atoms in total. The van der Waals surface area contributed by atoms with Gasteiger partial charge in [-0.1, -0.05) is 41.9 Å². The predicted molar refractivity (Wildman–Crippen MR) is 102 cm³/mol. The van der Waals surface area contributed by atoms with Crippen LogP contribution in [0.2, 0.25) is 5.02 Å². The molecule has 0 bridgehead atoms. The first-order chi connectivity index (χ1) is 13.0. The number of hydrogen-bond acceptors (Lipinski definition) is 4. The summed E-state index contributed by atoms with van der Waals surface area (Å²) in [6.07, 6.45) is 2.21. The molecule has 0 radical (unpaired) electrons. The van der Waals surface area contributed by atoms with Crippen molar-refractivity contribution in [3.05, 3.63) is 99.0 Å². The number of nitro groups is 1. The van der Waals surface area contributed by atoms with E-state index in [0.717, 1.165) is 5.56 Å². The van der Waals surface area contributed by atoms with E-state index >= 15 is 0 Å². The van der Waals surface area contributed by atoms with Crippen molar-refractivity contribution in [3.63, 3.8) is 0 Å². The minimum absolute atomic E-state index is 0.0540. The number of halogens is 1. The molecule has 0 aliphatic heterocycles. The van der Waals surface area contributed by atoms with E-state index in [1.807, 2.05) is 30.3 Å². The van der Waals surface area contributed by atoms with Gasteiger partial charge in [-0.2, -0.15) is 0 Å². The van der Waals surface area contributed by atoms with E-state index < -0.39 is 4.92 Å². The number of rotatable bonds is 7. The molecule has 0 spiro atoms. The summed E-state index contributed by atoms with van der Waals surface area (Å²) < 4.78 is 5.37. The number of hydrogen-bond donors (Lipinski definition) is 0. The average molecular weight is 385 g/mol. The minimum atomic E-state index is -0.545. The largest absolute Gasteiger partial charge is 0.467 e. The number of nitrogens with zero attached hydrogens (tertiary/aromatic N) is 2. The van der Waals surface area contributed by atoms with Gasteiger partial charge in [0.25, 0.3) is 11.6 Å². The van der Waals surface area contributed by atoms with Gasteiger partial charge in [0, 0.05) is 18.7 Å². The van der Waals surface area contributed by atoms with Gasteiger partial charge in [-0.05, 0) is 30.2 Å². The number of amides is 1. The molecule has 0 saturated carbocycles. The van der Waals surface area contributed by atoms with Crippen LogP contribution in [0.4, 0.5) is 5.69 Å². The third kappa shape index (κ3) is 4.74. The lowest BCUT2D eigenvalue weighted by molar-refractivity contribution is -0.384. The Balaban J connectivity index is 1.82. The lowest BCUT2D eigenvalue weighted by Crippen LogP contribution is -2.32. The summed E-state index contributed by atoms with van der Waals surface area (Å²) in [6, 6.07) is 17.2. The van der Waals surface area contributed by atoms with Crippen molar-refractivity contribution in [3.8, 4) is 0 Å². The Hall–Kier alpha value is -3.12. The van der Waals surface area contributed by atoms with Gasteiger partial charge in [0.1, 0.15) is 5.76 Å². The fraction of sp³-hybridized carbons (Fsp3) is 0.150. The molecule has 0 fully saturated rings. The second-order valence-electron chi connectivity index (χ2n) is 5.96. The van der Waals surface area contributed by atoms with Crippen molar-refractivity contribution >= 4 is 23.2 Å². The summed E-state index contributed by atoms with van der Waals surface area (Å²) in [6.45, 7) is 0.739. The Bertz CT molecular complexity index is 926. The van der Waals surface area contributed by atoms with Crippen molar-refractivity contribution in [2.75, 3.05) is 6.54 Å². The molecule has 0 unspecified atom stereocenters. The van der Waals surface area contributed by atoms with E-state index in [2.05, 4.69) is 0 Å². The SMILES string of the molecule is O=C(c1ccc([N+](=O)[O-])cc1Cl)N(CCc1ccccc1)Cc1ccco1. The molecule has 7 heteroatoms. The second kappa shape index (κ2) is 8.51. The normalized spacial score (nSPS) is 10.6. The highest BCUT2D eigenvalue weighted by Crippen LogP contribution is 2.24. The van der Waals surface area contributed by atoms with E-state index in [-0.39, 0.29) is 28.7 Å². The fourth-order valence-electron chi connectivity index (χ4n) is 2.71. The smallest absolute Gasteiger partial charge is 0.270 e. The molecule has 3 rings (SSSR count). The quantitative estimate of drug-likeness (QED) is 0.436. The van der Waals surface area contributed by atoms with Gasteiger partial charge in [0.05, 0.1) is 28.3 Å². The van der Waals surface area contributed by atoms with Gasteiger partial charge in [0.2, 0.25) is 0 Å². The molecule has 0 aliphatic carbocycles. The molecule has 0 atom stereocenters. The number of benzene rings is 2. The maximum absolute atomic E-state index is 13.0. The third-order valence-electron chi connectivity index (χ3n) is 4.12. The molecule has 0 saturated heterocycles. The van der Waals surface area contributed by atoms with Crippen molar-refractivity contribution in [1.29, 1.82) is 0 Å². The van der Waals surface area contributed by atoms with Gasteiger partial charge in [-0.25, -0.2) is 0 Å². The van der Waals surface area contributed by atoms with Crippen molar-refractivity contribution in [2.45, 2.75) is 13.0 Å². The summed E-state index contributed by atoms with van der Waals surface area (Å²) in [5.41, 5.74) is 1.17. The first-order valence-corrected chi connectivity index (χ1v) is 8.72. The molecular formula is C20H17ClN2O4. The number of nitro benzene ring substituents is 1. The lowest BCUT2D eigenvalue weighted by Gasteiger charge is -2.22. The van der Waals surface area contributed by atoms with E-state index in [1.165, 1.54) is 18.2 Å². The monoisotopic (exact) mass is 384 g/mol. The molecule has 0 aliphatic rings. The van der Waals surface area contributed by atoms with Crippen LogP contribution in [-0.2, 0) is 13.0 Å². The van der Waals surface area contributed by atoms with Crippen LogP contribution in [0.25, 0.3) is 0 Å². The van der Waals surface area contributed by atoms with Crippen LogP contribution in [0.15, 0.2) is 71.3 Å². The van der Waals surface area contributed by atoms with Gasteiger partial charge >= 0.3 is 0 Å². The van der Waals surface area contributed by atoms with E-state index in [9.17, 15) is 14.9 Å². The zero-order valence-corrected chi connectivity index (χ0v) is 15.1. The highest BCUT2D eigenvalue weighted by atomic mass is 35.5. The van der Waals surface area contributed by atoms with Gasteiger partial charge in [-0.3, -0.25) is 14.9 Å². The fourth-order valence-corrected chi connectivity index (χ4v) is 2.97.